The number of aliphatic hydroxyl groups is 1. The van der Waals surface area contributed by atoms with Crippen molar-refractivity contribution in [3.8, 4) is 0 Å². The van der Waals surface area contributed by atoms with E-state index in [4.69, 9.17) is 9.84 Å². The molecule has 0 aliphatic carbocycles. The molecule has 1 fully saturated rings. The second kappa shape index (κ2) is 37.6. The van der Waals surface area contributed by atoms with Crippen molar-refractivity contribution >= 4 is 70.9 Å². The number of aliphatic hydroxyl groups excluding tert-OH is 1. The van der Waals surface area contributed by atoms with E-state index in [1.165, 1.54) is 93.8 Å². The number of aliphatic carboxylic acids is 1. The molecule has 514 valence electrons. The van der Waals surface area contributed by atoms with Gasteiger partial charge < -0.3 is 70.5 Å². The first-order valence-corrected chi connectivity index (χ1v) is 31.8. The lowest BCUT2D eigenvalue weighted by molar-refractivity contribution is -0.157. The van der Waals surface area contributed by atoms with E-state index in [1.54, 1.807) is 47.6 Å². The van der Waals surface area contributed by atoms with Crippen LogP contribution in [-0.2, 0) is 62.3 Å². The number of nitrogens with one attached hydrogen (secondary N) is 4. The molecule has 1 saturated heterocycles. The number of rotatable bonds is 19. The molecule has 1 unspecified atom stereocenters. The van der Waals surface area contributed by atoms with E-state index in [1.807, 2.05) is 55.4 Å². The fourth-order valence-corrected chi connectivity index (χ4v) is 10.9. The van der Waals surface area contributed by atoms with Crippen LogP contribution in [0.5, 0.6) is 0 Å². The van der Waals surface area contributed by atoms with Gasteiger partial charge in [-0.05, 0) is 93.8 Å². The molecule has 11 amide bonds. The number of carboxylic acids is 1. The molecule has 6 N–H and O–H groups in total. The van der Waals surface area contributed by atoms with Crippen LogP contribution in [0.4, 0.5) is 0 Å². The maximum absolute atomic E-state index is 15.2. The summed E-state index contributed by atoms with van der Waals surface area (Å²) < 4.78 is 5.10. The molecule has 90 heavy (non-hydrogen) atoms. The lowest BCUT2D eigenvalue weighted by Crippen LogP contribution is -2.63. The summed E-state index contributed by atoms with van der Waals surface area (Å²) >= 11 is 0. The molecule has 26 nitrogen and oxygen atoms in total. The van der Waals surface area contributed by atoms with E-state index in [-0.39, 0.29) is 68.8 Å². The SMILES string of the molecule is CC[C@@H]1NC(=O)C([C@H](O)[C@H](C)CC=CCOCC(=O)O)N(C)C(=O)[C@H](C(C)C)N(C)C(=O)[C@H](CC(C)C)N(C)C(=O)[C@H](CC(C)C)N(C)C(=O)[C@H](C)NC(=O)[C@H](C)NC(=O)[C@H](CC(C)C)N(C)C(=O)[C@H](C(C)C)NC(=O)[C@H](CC(C)C)N(C)C(=O)CN(C)C1=O. The lowest BCUT2D eigenvalue weighted by atomic mass is 9.91. The predicted octanol–water partition coefficient (Wildman–Crippen LogP) is 2.35. The Kier molecular flexibility index (Phi) is 34.0. The highest BCUT2D eigenvalue weighted by Gasteiger charge is 2.46. The van der Waals surface area contributed by atoms with Gasteiger partial charge in [0.1, 0.15) is 67.0 Å². The molecule has 0 spiro atoms. The normalized spacial score (nSPS) is 26.0. The monoisotopic (exact) mass is 1280 g/mol. The smallest absolute Gasteiger partial charge is 0.329 e. The van der Waals surface area contributed by atoms with E-state index in [0.717, 1.165) is 9.80 Å². The quantitative estimate of drug-likeness (QED) is 0.0799. The number of likely N-dealkylation sites (N-methyl/N-ethyl adjacent to an activating group) is 7. The molecule has 12 atom stereocenters. The van der Waals surface area contributed by atoms with Crippen molar-refractivity contribution in [2.75, 3.05) is 69.1 Å². The van der Waals surface area contributed by atoms with Gasteiger partial charge in [-0.3, -0.25) is 52.7 Å². The number of hydrogen-bond donors (Lipinski definition) is 6. The summed E-state index contributed by atoms with van der Waals surface area (Å²) in [5, 5.41) is 32.1. The van der Waals surface area contributed by atoms with Crippen LogP contribution in [0.2, 0.25) is 0 Å². The topological polar surface area (TPSA) is 325 Å². The number of nitrogens with zero attached hydrogens (tertiary/aromatic N) is 7. The minimum absolute atomic E-state index is 0.0322. The number of amides is 11. The number of carboxylic acid groups (broad SMARTS) is 1. The molecule has 0 saturated carbocycles. The third-order valence-electron chi connectivity index (χ3n) is 16.4. The summed E-state index contributed by atoms with van der Waals surface area (Å²) in [6.45, 7) is 26.5. The Morgan fingerprint density at radius 2 is 0.933 bits per heavy atom. The van der Waals surface area contributed by atoms with E-state index in [0.29, 0.717) is 0 Å². The number of carbonyl (C=O) groups excluding carboxylic acids is 11. The third-order valence-corrected chi connectivity index (χ3v) is 16.4. The first-order valence-electron chi connectivity index (χ1n) is 31.8. The zero-order valence-corrected chi connectivity index (χ0v) is 58.2. The average Bonchev–Trinajstić information content (AvgIpc) is 0.975. The zero-order chi connectivity index (χ0) is 69.7. The number of hydrogen-bond acceptors (Lipinski definition) is 14. The van der Waals surface area contributed by atoms with Gasteiger partial charge in [0.15, 0.2) is 0 Å². The van der Waals surface area contributed by atoms with Gasteiger partial charge in [0.05, 0.1) is 19.3 Å². The Hall–Kier alpha value is -6.70. The maximum atomic E-state index is 15.2. The molecule has 26 heteroatoms. The third kappa shape index (κ3) is 23.8. The Morgan fingerprint density at radius 3 is 1.40 bits per heavy atom. The van der Waals surface area contributed by atoms with Gasteiger partial charge in [-0.1, -0.05) is 109 Å². The van der Waals surface area contributed by atoms with Crippen molar-refractivity contribution in [2.24, 2.45) is 41.4 Å². The molecule has 1 rings (SSSR count). The molecule has 1 aliphatic rings. The summed E-state index contributed by atoms with van der Waals surface area (Å²) in [5.41, 5.74) is 0. The molecule has 1 aliphatic heterocycles. The van der Waals surface area contributed by atoms with Crippen LogP contribution in [0, 0.1) is 41.4 Å². The second-order valence-electron chi connectivity index (χ2n) is 26.9. The highest BCUT2D eigenvalue weighted by molar-refractivity contribution is 5.99. The fourth-order valence-electron chi connectivity index (χ4n) is 10.9. The number of carbonyl (C=O) groups is 12. The van der Waals surface area contributed by atoms with Gasteiger partial charge in [0.2, 0.25) is 65.0 Å². The maximum Gasteiger partial charge on any atom is 0.329 e. The Morgan fingerprint density at radius 1 is 0.500 bits per heavy atom. The minimum atomic E-state index is -1.72. The van der Waals surface area contributed by atoms with Crippen molar-refractivity contribution in [2.45, 2.75) is 216 Å². The highest BCUT2D eigenvalue weighted by atomic mass is 16.5. The summed E-state index contributed by atoms with van der Waals surface area (Å²) in [5.74, 6) is -11.7. The molecule has 0 aromatic rings. The van der Waals surface area contributed by atoms with Crippen LogP contribution in [-0.4, -0.2) is 251 Å². The largest absolute Gasteiger partial charge is 0.480 e. The Bertz CT molecular complexity index is 2490. The average molecular weight is 1280 g/mol. The van der Waals surface area contributed by atoms with E-state index in [9.17, 15) is 48.3 Å². The summed E-state index contributed by atoms with van der Waals surface area (Å²) in [4.78, 5) is 180. The Labute approximate surface area is 535 Å². The van der Waals surface area contributed by atoms with Crippen molar-refractivity contribution in [1.29, 1.82) is 0 Å². The minimum Gasteiger partial charge on any atom is -0.480 e. The number of ether oxygens (including phenoxy) is 1. The van der Waals surface area contributed by atoms with Crippen LogP contribution in [0.25, 0.3) is 0 Å². The van der Waals surface area contributed by atoms with Crippen molar-refractivity contribution in [3.63, 3.8) is 0 Å². The molecule has 1 heterocycles. The first-order chi connectivity index (χ1) is 41.6. The van der Waals surface area contributed by atoms with Crippen molar-refractivity contribution < 1.29 is 72.5 Å². The highest BCUT2D eigenvalue weighted by Crippen LogP contribution is 2.26. The van der Waals surface area contributed by atoms with Gasteiger partial charge in [0, 0.05) is 49.3 Å². The van der Waals surface area contributed by atoms with Crippen molar-refractivity contribution in [1.82, 2.24) is 55.6 Å². The molecule has 0 bridgehead atoms. The molecule has 0 aromatic carbocycles. The first kappa shape index (κ1) is 81.3. The van der Waals surface area contributed by atoms with E-state index >= 15 is 14.4 Å². The van der Waals surface area contributed by atoms with Crippen molar-refractivity contribution in [3.05, 3.63) is 12.2 Å². The van der Waals surface area contributed by atoms with Crippen LogP contribution in [0.1, 0.15) is 149 Å². The van der Waals surface area contributed by atoms with Gasteiger partial charge in [-0.25, -0.2) is 4.79 Å². The molecular formula is C64H113N11O15. The number of allylic oxidation sites excluding steroid dienone is 1. The van der Waals surface area contributed by atoms with Crippen LogP contribution < -0.4 is 21.3 Å². The molecular weight excluding hydrogens is 1160 g/mol. The van der Waals surface area contributed by atoms with Crippen LogP contribution in [0.15, 0.2) is 12.2 Å². The fraction of sp³-hybridized carbons (Fsp3) is 0.781. The lowest BCUT2D eigenvalue weighted by Gasteiger charge is -2.41. The van der Waals surface area contributed by atoms with Gasteiger partial charge >= 0.3 is 5.97 Å². The summed E-state index contributed by atoms with van der Waals surface area (Å²) in [7, 11) is 9.71. The van der Waals surface area contributed by atoms with Gasteiger partial charge in [-0.15, -0.1) is 0 Å². The molecule has 0 aromatic heterocycles. The summed E-state index contributed by atoms with van der Waals surface area (Å²) in [6, 6.07) is -12.8. The van der Waals surface area contributed by atoms with Gasteiger partial charge in [0.25, 0.3) is 0 Å². The standard InChI is InChI=1S/C64H113N11O15/c1-24-44-60(85)69(17)33-49(76)70(18)45(29-35(2)3)57(82)68-51(39(10)11)63(88)71(19)46(30-36(4)5)56(81)65-42(15)55(80)66-43(16)59(84)72(20)47(31-37(6)7)61(86)73(21)48(32-38(8)9)62(87)74(22)52(40(12)13)64(89)75(23)53(58(83)67-44)54(79)41(14)27-25-26-28-90-34-50(77)78/h25-26,35-48,51-54,79H,24,27-34H2,1-23H3,(H,65,81)(H,66,80)(H,67,83)(H,68,82)(H,77,78)/t41-,42+,43+,44+,45+,46+,47+,48+,51+,52+,53?,54-/m1/s1. The summed E-state index contributed by atoms with van der Waals surface area (Å²) in [6.07, 6.45) is 2.09. The second-order valence-corrected chi connectivity index (χ2v) is 26.9. The van der Waals surface area contributed by atoms with Crippen LogP contribution >= 0.6 is 0 Å². The molecule has 0 radical (unpaired) electrons. The van der Waals surface area contributed by atoms with Gasteiger partial charge in [-0.2, -0.15) is 0 Å². The Balaban J connectivity index is 4.35. The van der Waals surface area contributed by atoms with Crippen LogP contribution in [0.3, 0.4) is 0 Å². The zero-order valence-electron chi connectivity index (χ0n) is 58.2. The predicted molar refractivity (Wildman–Crippen MR) is 341 cm³/mol. The van der Waals surface area contributed by atoms with E-state index in [2.05, 4.69) is 21.3 Å². The van der Waals surface area contributed by atoms with E-state index < -0.39 is 168 Å².